The monoisotopic (exact) mass is 325 g/mol. The summed E-state index contributed by atoms with van der Waals surface area (Å²) in [6, 6.07) is 0.887. The van der Waals surface area contributed by atoms with Crippen LogP contribution in [0.3, 0.4) is 0 Å². The molecule has 22 heavy (non-hydrogen) atoms. The maximum atomic E-state index is 12.7. The van der Waals surface area contributed by atoms with Gasteiger partial charge in [0.15, 0.2) is 23.8 Å². The van der Waals surface area contributed by atoms with E-state index in [-0.39, 0.29) is 0 Å². The third-order valence-corrected chi connectivity index (χ3v) is 2.28. The van der Waals surface area contributed by atoms with Gasteiger partial charge in [-0.3, -0.25) is 14.9 Å². The number of carbonyl (C=O) groups excluding carboxylic acids is 2. The van der Waals surface area contributed by atoms with Crippen molar-refractivity contribution in [3.63, 3.8) is 0 Å². The number of hydrogen-bond acceptors (Lipinski definition) is 6. The third-order valence-electron chi connectivity index (χ3n) is 2.28. The summed E-state index contributed by atoms with van der Waals surface area (Å²) < 4.78 is 53.8. The molecule has 0 saturated heterocycles. The summed E-state index contributed by atoms with van der Waals surface area (Å²) in [5.74, 6) is -8.11. The van der Waals surface area contributed by atoms with Crippen LogP contribution in [-0.2, 0) is 4.79 Å². The molecule has 11 heteroatoms. The zero-order valence-corrected chi connectivity index (χ0v) is 10.9. The largest absolute Gasteiger partial charge is 0.503 e. The number of nitrogens with two attached hydrogens (primary N) is 1. The van der Waals surface area contributed by atoms with E-state index in [0.29, 0.717) is 0 Å². The number of hydrogen-bond donors (Lipinski definition) is 3. The fourth-order valence-electron chi connectivity index (χ4n) is 1.19. The minimum Gasteiger partial charge on any atom is -0.503 e. The fourth-order valence-corrected chi connectivity index (χ4v) is 1.19. The van der Waals surface area contributed by atoms with Crippen LogP contribution in [0.25, 0.3) is 0 Å². The zero-order chi connectivity index (χ0) is 16.9. The van der Waals surface area contributed by atoms with Crippen molar-refractivity contribution in [1.29, 1.82) is 0 Å². The first kappa shape index (κ1) is 17.6. The summed E-state index contributed by atoms with van der Waals surface area (Å²) in [5.41, 5.74) is 4.26. The first-order chi connectivity index (χ1) is 10.2. The zero-order valence-electron chi connectivity index (χ0n) is 10.9. The molecule has 0 bridgehead atoms. The number of amides is 2. The van der Waals surface area contributed by atoms with E-state index >= 15 is 0 Å². The number of ether oxygens (including phenoxy) is 1. The van der Waals surface area contributed by atoms with Gasteiger partial charge >= 0.3 is 12.3 Å². The summed E-state index contributed by atoms with van der Waals surface area (Å²) in [5, 5.41) is 11.4. The molecule has 1 heterocycles. The quantitative estimate of drug-likeness (QED) is 0.647. The Morgan fingerprint density at radius 2 is 2.09 bits per heavy atom. The molecular formula is C11H11F4N3O4. The number of pyridine rings is 1. The molecule has 0 aromatic carbocycles. The number of aromatic nitrogens is 1. The second-order valence-corrected chi connectivity index (χ2v) is 3.94. The van der Waals surface area contributed by atoms with Crippen LogP contribution in [0.4, 0.5) is 17.6 Å². The normalized spacial score (nSPS) is 11.4. The van der Waals surface area contributed by atoms with Gasteiger partial charge in [0.2, 0.25) is 5.91 Å². The van der Waals surface area contributed by atoms with Gasteiger partial charge in [0.1, 0.15) is 0 Å². The number of aromatic hydroxyl groups is 1. The van der Waals surface area contributed by atoms with Crippen LogP contribution in [0.5, 0.6) is 11.5 Å². The van der Waals surface area contributed by atoms with Crippen LogP contribution >= 0.6 is 0 Å². The van der Waals surface area contributed by atoms with E-state index in [4.69, 9.17) is 5.73 Å². The lowest BCUT2D eigenvalue weighted by Crippen LogP contribution is -2.36. The van der Waals surface area contributed by atoms with Gasteiger partial charge in [-0.25, -0.2) is 13.8 Å². The lowest BCUT2D eigenvalue weighted by Gasteiger charge is -2.16. The van der Waals surface area contributed by atoms with Crippen molar-refractivity contribution in [2.24, 2.45) is 5.73 Å². The van der Waals surface area contributed by atoms with Crippen molar-refractivity contribution in [1.82, 2.24) is 10.3 Å². The van der Waals surface area contributed by atoms with Crippen LogP contribution in [0, 0.1) is 0 Å². The Hall–Kier alpha value is -2.43. The first-order valence-corrected chi connectivity index (χ1v) is 5.70. The van der Waals surface area contributed by atoms with Gasteiger partial charge in [0.25, 0.3) is 5.91 Å². The topological polar surface area (TPSA) is 115 Å². The number of nitrogens with one attached hydrogen (secondary N) is 1. The molecule has 0 unspecified atom stereocenters. The second kappa shape index (κ2) is 7.02. The minimum atomic E-state index is -4.44. The minimum absolute atomic E-state index is 0.511. The van der Waals surface area contributed by atoms with Crippen molar-refractivity contribution < 1.29 is 37.0 Å². The summed E-state index contributed by atoms with van der Waals surface area (Å²) in [4.78, 5) is 25.9. The Bertz CT molecular complexity index is 568. The average molecular weight is 325 g/mol. The SMILES string of the molecule is NCC(=O)NC(=O)c1nccc(OCC(F)(F)C(F)F)c1O. The highest BCUT2D eigenvalue weighted by Gasteiger charge is 2.42. The molecule has 0 atom stereocenters. The highest BCUT2D eigenvalue weighted by atomic mass is 19.3. The Morgan fingerprint density at radius 1 is 1.45 bits per heavy atom. The lowest BCUT2D eigenvalue weighted by atomic mass is 10.3. The Balaban J connectivity index is 2.89. The lowest BCUT2D eigenvalue weighted by molar-refractivity contribution is -0.148. The molecule has 0 radical (unpaired) electrons. The molecule has 4 N–H and O–H groups in total. The molecule has 0 fully saturated rings. The van der Waals surface area contributed by atoms with Gasteiger partial charge < -0.3 is 15.6 Å². The standard InChI is InChI=1S/C11H11F4N3O4/c12-10(13)11(14,15)4-22-5-1-2-17-7(8(5)20)9(21)18-6(19)3-16/h1-2,10,20H,3-4,16H2,(H,18,19,21). The van der Waals surface area contributed by atoms with Crippen LogP contribution in [-0.4, -0.2) is 47.4 Å². The van der Waals surface area contributed by atoms with E-state index in [1.807, 2.05) is 0 Å². The van der Waals surface area contributed by atoms with Crippen molar-refractivity contribution in [3.05, 3.63) is 18.0 Å². The van der Waals surface area contributed by atoms with Crippen molar-refractivity contribution in [3.8, 4) is 11.5 Å². The molecule has 0 saturated carbocycles. The van der Waals surface area contributed by atoms with Crippen LogP contribution in [0.1, 0.15) is 10.5 Å². The van der Waals surface area contributed by atoms with Crippen molar-refractivity contribution in [2.75, 3.05) is 13.2 Å². The van der Waals surface area contributed by atoms with Gasteiger partial charge in [-0.15, -0.1) is 0 Å². The smallest absolute Gasteiger partial charge is 0.340 e. The fraction of sp³-hybridized carbons (Fsp3) is 0.364. The number of alkyl halides is 4. The molecule has 0 aliphatic heterocycles. The van der Waals surface area contributed by atoms with Crippen molar-refractivity contribution in [2.45, 2.75) is 12.3 Å². The van der Waals surface area contributed by atoms with Gasteiger partial charge in [0.05, 0.1) is 6.54 Å². The van der Waals surface area contributed by atoms with E-state index in [1.54, 1.807) is 5.32 Å². The molecule has 122 valence electrons. The third kappa shape index (κ3) is 4.28. The van der Waals surface area contributed by atoms with E-state index in [0.717, 1.165) is 12.3 Å². The van der Waals surface area contributed by atoms with E-state index in [2.05, 4.69) is 9.72 Å². The highest BCUT2D eigenvalue weighted by molar-refractivity contribution is 6.05. The summed E-state index contributed by atoms with van der Waals surface area (Å²) in [6.45, 7) is -2.23. The molecule has 0 spiro atoms. The molecule has 0 aliphatic carbocycles. The van der Waals surface area contributed by atoms with Gasteiger partial charge in [-0.2, -0.15) is 8.78 Å². The molecule has 1 aromatic heterocycles. The number of carbonyl (C=O) groups is 2. The number of halogens is 4. The first-order valence-electron chi connectivity index (χ1n) is 5.70. The molecule has 2 amide bonds. The Labute approximate surface area is 121 Å². The van der Waals surface area contributed by atoms with E-state index in [1.165, 1.54) is 0 Å². The molecule has 1 rings (SSSR count). The van der Waals surface area contributed by atoms with Gasteiger partial charge in [-0.05, 0) is 0 Å². The van der Waals surface area contributed by atoms with Crippen LogP contribution in [0.2, 0.25) is 0 Å². The highest BCUT2D eigenvalue weighted by Crippen LogP contribution is 2.30. The number of nitrogens with zero attached hydrogens (tertiary/aromatic N) is 1. The predicted molar refractivity (Wildman–Crippen MR) is 63.9 cm³/mol. The summed E-state index contributed by atoms with van der Waals surface area (Å²) in [7, 11) is 0. The van der Waals surface area contributed by atoms with Gasteiger partial charge in [-0.1, -0.05) is 0 Å². The second-order valence-electron chi connectivity index (χ2n) is 3.94. The van der Waals surface area contributed by atoms with Crippen LogP contribution < -0.4 is 15.8 Å². The van der Waals surface area contributed by atoms with Crippen molar-refractivity contribution >= 4 is 11.8 Å². The molecular weight excluding hydrogens is 314 g/mol. The Morgan fingerprint density at radius 3 is 2.64 bits per heavy atom. The molecule has 7 nitrogen and oxygen atoms in total. The maximum Gasteiger partial charge on any atom is 0.340 e. The van der Waals surface area contributed by atoms with Crippen LogP contribution in [0.15, 0.2) is 12.3 Å². The average Bonchev–Trinajstić information content (AvgIpc) is 2.45. The molecule has 0 aliphatic rings. The Kier molecular flexibility index (Phi) is 5.63. The number of rotatable bonds is 6. The molecule has 1 aromatic rings. The van der Waals surface area contributed by atoms with Gasteiger partial charge in [0, 0.05) is 12.3 Å². The van der Waals surface area contributed by atoms with E-state index in [9.17, 15) is 32.3 Å². The van der Waals surface area contributed by atoms with E-state index < -0.39 is 54.5 Å². The number of imide groups is 1. The summed E-state index contributed by atoms with van der Waals surface area (Å²) in [6.07, 6.45) is -3.06. The maximum absolute atomic E-state index is 12.7. The summed E-state index contributed by atoms with van der Waals surface area (Å²) >= 11 is 0. The predicted octanol–water partition coefficient (Wildman–Crippen LogP) is 0.281.